The molecule has 0 atom stereocenters. The molecule has 146 valence electrons. The van der Waals surface area contributed by atoms with Crippen LogP contribution in [0.15, 0.2) is 65.2 Å². The van der Waals surface area contributed by atoms with Crippen molar-refractivity contribution in [3.8, 4) is 5.75 Å². The third kappa shape index (κ3) is 3.99. The topological polar surface area (TPSA) is 64.4 Å². The number of carbonyl (C=O) groups is 1. The number of amides is 1. The van der Waals surface area contributed by atoms with Crippen LogP contribution in [0.3, 0.4) is 0 Å². The van der Waals surface area contributed by atoms with E-state index in [1.165, 1.54) is 0 Å². The number of anilines is 1. The zero-order chi connectivity index (χ0) is 20.4. The van der Waals surface area contributed by atoms with Gasteiger partial charge in [-0.2, -0.15) is 0 Å². The molecule has 0 aliphatic carbocycles. The predicted molar refractivity (Wildman–Crippen MR) is 113 cm³/mol. The van der Waals surface area contributed by atoms with Crippen LogP contribution in [-0.4, -0.2) is 11.1 Å². The van der Waals surface area contributed by atoms with Gasteiger partial charge in [0.1, 0.15) is 18.1 Å². The fourth-order valence-corrected chi connectivity index (χ4v) is 3.21. The normalized spacial score (nSPS) is 10.9. The van der Waals surface area contributed by atoms with Crippen LogP contribution >= 0.6 is 0 Å². The Morgan fingerprint density at radius 1 is 1.00 bits per heavy atom. The van der Waals surface area contributed by atoms with E-state index in [1.54, 1.807) is 0 Å². The minimum atomic E-state index is -0.214. The van der Waals surface area contributed by atoms with Crippen LogP contribution < -0.4 is 10.1 Å². The quantitative estimate of drug-likeness (QED) is 0.486. The van der Waals surface area contributed by atoms with Gasteiger partial charge in [-0.25, -0.2) is 0 Å². The minimum absolute atomic E-state index is 0.214. The molecule has 3 aromatic carbocycles. The van der Waals surface area contributed by atoms with E-state index in [1.807, 2.05) is 81.4 Å². The molecule has 0 radical (unpaired) electrons. The Bertz CT molecular complexity index is 1160. The smallest absolute Gasteiger partial charge is 0.259 e. The summed E-state index contributed by atoms with van der Waals surface area (Å²) in [6.07, 6.45) is 0. The fourth-order valence-electron chi connectivity index (χ4n) is 3.21. The van der Waals surface area contributed by atoms with Crippen molar-refractivity contribution >= 4 is 22.4 Å². The summed E-state index contributed by atoms with van der Waals surface area (Å²) in [6, 6.07) is 19.4. The molecule has 1 aromatic heterocycles. The molecule has 29 heavy (non-hydrogen) atoms. The molecule has 1 heterocycles. The van der Waals surface area contributed by atoms with Crippen molar-refractivity contribution in [1.29, 1.82) is 0 Å². The summed E-state index contributed by atoms with van der Waals surface area (Å²) in [6.45, 7) is 6.02. The van der Waals surface area contributed by atoms with Gasteiger partial charge in [-0.1, -0.05) is 47.1 Å². The minimum Gasteiger partial charge on any atom is -0.488 e. The number of carbonyl (C=O) groups excluding carboxylic acids is 1. The highest BCUT2D eigenvalue weighted by molar-refractivity contribution is 6.08. The standard InChI is InChI=1S/C24H22N2O3/c1-15-8-10-20(11-9-15)25-24(27)21-12-18-6-4-5-7-19(18)13-23(21)28-14-22-16(2)26-29-17(22)3/h4-13H,14H2,1-3H3,(H,25,27). The van der Waals surface area contributed by atoms with Crippen LogP contribution in [0.5, 0.6) is 5.75 Å². The fraction of sp³-hybridized carbons (Fsp3) is 0.167. The summed E-state index contributed by atoms with van der Waals surface area (Å²) >= 11 is 0. The summed E-state index contributed by atoms with van der Waals surface area (Å²) in [7, 11) is 0. The average Bonchev–Trinajstić information content (AvgIpc) is 3.05. The number of rotatable bonds is 5. The molecule has 5 nitrogen and oxygen atoms in total. The molecule has 1 amide bonds. The number of aromatic nitrogens is 1. The lowest BCUT2D eigenvalue weighted by atomic mass is 10.0. The number of hydrogen-bond donors (Lipinski definition) is 1. The van der Waals surface area contributed by atoms with E-state index in [4.69, 9.17) is 9.26 Å². The Morgan fingerprint density at radius 3 is 2.34 bits per heavy atom. The Kier molecular flexibility index (Phi) is 5.04. The molecule has 0 aliphatic heterocycles. The number of hydrogen-bond acceptors (Lipinski definition) is 4. The highest BCUT2D eigenvalue weighted by Gasteiger charge is 2.17. The van der Waals surface area contributed by atoms with E-state index >= 15 is 0 Å². The number of fused-ring (bicyclic) bond motifs is 1. The molecule has 4 aromatic rings. The lowest BCUT2D eigenvalue weighted by Gasteiger charge is -2.14. The molecule has 1 N–H and O–H groups in total. The van der Waals surface area contributed by atoms with Crippen LogP contribution in [0.25, 0.3) is 10.8 Å². The van der Waals surface area contributed by atoms with Crippen molar-refractivity contribution < 1.29 is 14.1 Å². The molecular weight excluding hydrogens is 364 g/mol. The van der Waals surface area contributed by atoms with Crippen molar-refractivity contribution in [3.05, 3.63) is 88.8 Å². The van der Waals surface area contributed by atoms with Gasteiger partial charge in [0, 0.05) is 5.69 Å². The third-order valence-electron chi connectivity index (χ3n) is 4.96. The molecule has 0 spiro atoms. The maximum atomic E-state index is 13.0. The van der Waals surface area contributed by atoms with E-state index in [0.717, 1.165) is 33.3 Å². The van der Waals surface area contributed by atoms with Gasteiger partial charge < -0.3 is 14.6 Å². The second-order valence-electron chi connectivity index (χ2n) is 7.11. The molecule has 0 saturated heterocycles. The summed E-state index contributed by atoms with van der Waals surface area (Å²) in [5.41, 5.74) is 4.04. The predicted octanol–water partition coefficient (Wildman–Crippen LogP) is 5.58. The second kappa shape index (κ2) is 7.80. The van der Waals surface area contributed by atoms with Gasteiger partial charge in [0.15, 0.2) is 0 Å². The van der Waals surface area contributed by atoms with Gasteiger partial charge in [-0.15, -0.1) is 0 Å². The number of nitrogens with zero attached hydrogens (tertiary/aromatic N) is 1. The van der Waals surface area contributed by atoms with E-state index < -0.39 is 0 Å². The van der Waals surface area contributed by atoms with E-state index in [0.29, 0.717) is 17.1 Å². The van der Waals surface area contributed by atoms with Crippen molar-refractivity contribution in [3.63, 3.8) is 0 Å². The average molecular weight is 386 g/mol. The molecule has 0 unspecified atom stereocenters. The van der Waals surface area contributed by atoms with Crippen LogP contribution in [0.2, 0.25) is 0 Å². The summed E-state index contributed by atoms with van der Waals surface area (Å²) in [5, 5.41) is 8.91. The molecular formula is C24H22N2O3. The molecule has 0 bridgehead atoms. The molecule has 0 aliphatic rings. The lowest BCUT2D eigenvalue weighted by Crippen LogP contribution is -2.14. The van der Waals surface area contributed by atoms with Crippen molar-refractivity contribution in [2.75, 3.05) is 5.32 Å². The van der Waals surface area contributed by atoms with E-state index in [9.17, 15) is 4.79 Å². The van der Waals surface area contributed by atoms with Gasteiger partial charge in [0.2, 0.25) is 0 Å². The van der Waals surface area contributed by atoms with E-state index in [-0.39, 0.29) is 12.5 Å². The Hall–Kier alpha value is -3.60. The zero-order valence-electron chi connectivity index (χ0n) is 16.7. The van der Waals surface area contributed by atoms with Crippen LogP contribution in [-0.2, 0) is 6.61 Å². The number of benzene rings is 3. The Labute approximate surface area is 169 Å². The van der Waals surface area contributed by atoms with Crippen molar-refractivity contribution in [1.82, 2.24) is 5.16 Å². The Morgan fingerprint density at radius 2 is 1.69 bits per heavy atom. The van der Waals surface area contributed by atoms with E-state index in [2.05, 4.69) is 10.5 Å². The van der Waals surface area contributed by atoms with Gasteiger partial charge >= 0.3 is 0 Å². The Balaban J connectivity index is 1.67. The molecule has 0 saturated carbocycles. The first kappa shape index (κ1) is 18.7. The SMILES string of the molecule is Cc1ccc(NC(=O)c2cc3ccccc3cc2OCc2c(C)noc2C)cc1. The lowest BCUT2D eigenvalue weighted by molar-refractivity contribution is 0.102. The second-order valence-corrected chi connectivity index (χ2v) is 7.11. The van der Waals surface area contributed by atoms with Crippen LogP contribution in [0.4, 0.5) is 5.69 Å². The van der Waals surface area contributed by atoms with Gasteiger partial charge in [-0.05, 0) is 55.8 Å². The van der Waals surface area contributed by atoms with Crippen LogP contribution in [0.1, 0.15) is 32.9 Å². The third-order valence-corrected chi connectivity index (χ3v) is 4.96. The summed E-state index contributed by atoms with van der Waals surface area (Å²) < 4.78 is 11.3. The van der Waals surface area contributed by atoms with Crippen molar-refractivity contribution in [2.24, 2.45) is 0 Å². The maximum Gasteiger partial charge on any atom is 0.259 e. The summed E-state index contributed by atoms with van der Waals surface area (Å²) in [4.78, 5) is 13.0. The number of aryl methyl sites for hydroxylation is 3. The van der Waals surface area contributed by atoms with Gasteiger partial charge in [-0.3, -0.25) is 4.79 Å². The highest BCUT2D eigenvalue weighted by atomic mass is 16.5. The van der Waals surface area contributed by atoms with Crippen molar-refractivity contribution in [2.45, 2.75) is 27.4 Å². The molecule has 5 heteroatoms. The van der Waals surface area contributed by atoms with Crippen LogP contribution in [0, 0.1) is 20.8 Å². The van der Waals surface area contributed by atoms with Gasteiger partial charge in [0.25, 0.3) is 5.91 Å². The first-order valence-corrected chi connectivity index (χ1v) is 9.46. The first-order valence-electron chi connectivity index (χ1n) is 9.46. The number of ether oxygens (including phenoxy) is 1. The maximum absolute atomic E-state index is 13.0. The summed E-state index contributed by atoms with van der Waals surface area (Å²) in [5.74, 6) is 1.02. The zero-order valence-corrected chi connectivity index (χ0v) is 16.7. The first-order chi connectivity index (χ1) is 14.0. The molecule has 4 rings (SSSR count). The largest absolute Gasteiger partial charge is 0.488 e. The van der Waals surface area contributed by atoms with Gasteiger partial charge in [0.05, 0.1) is 16.8 Å². The number of nitrogens with one attached hydrogen (secondary N) is 1. The highest BCUT2D eigenvalue weighted by Crippen LogP contribution is 2.28. The monoisotopic (exact) mass is 386 g/mol. The molecule has 0 fully saturated rings.